The lowest BCUT2D eigenvalue weighted by atomic mass is 9.93. The van der Waals surface area contributed by atoms with Crippen LogP contribution < -0.4 is 10.6 Å². The molecule has 0 fully saturated rings. The number of rotatable bonds is 6. The van der Waals surface area contributed by atoms with Gasteiger partial charge >= 0.3 is 0 Å². The van der Waals surface area contributed by atoms with Gasteiger partial charge in [-0.25, -0.2) is 0 Å². The van der Waals surface area contributed by atoms with Crippen LogP contribution in [0.2, 0.25) is 0 Å². The molecule has 0 aliphatic carbocycles. The van der Waals surface area contributed by atoms with Gasteiger partial charge in [0.2, 0.25) is 0 Å². The molecule has 0 aliphatic heterocycles. The number of anilines is 1. The minimum atomic E-state index is 0.269. The molecule has 0 amide bonds. The van der Waals surface area contributed by atoms with Crippen LogP contribution in [0.1, 0.15) is 19.4 Å². The molecule has 21 heavy (non-hydrogen) atoms. The van der Waals surface area contributed by atoms with Crippen molar-refractivity contribution in [2.24, 2.45) is 11.7 Å². The van der Waals surface area contributed by atoms with Crippen LogP contribution in [-0.4, -0.2) is 14.1 Å². The highest BCUT2D eigenvalue weighted by Crippen LogP contribution is 2.25. The van der Waals surface area contributed by atoms with Gasteiger partial charge in [-0.05, 0) is 42.2 Å². The van der Waals surface area contributed by atoms with Crippen molar-refractivity contribution in [3.05, 3.63) is 72.5 Å². The third-order valence-corrected chi connectivity index (χ3v) is 3.38. The van der Waals surface area contributed by atoms with E-state index in [1.807, 2.05) is 26.2 Å². The fourth-order valence-electron chi connectivity index (χ4n) is 2.03. The van der Waals surface area contributed by atoms with E-state index in [1.54, 1.807) is 0 Å². The molecular formula is C19H26N2. The molecule has 1 aromatic carbocycles. The molecule has 1 rings (SSSR count). The van der Waals surface area contributed by atoms with Crippen LogP contribution >= 0.6 is 0 Å². The highest BCUT2D eigenvalue weighted by molar-refractivity contribution is 5.68. The molecule has 2 nitrogen and oxygen atoms in total. The second-order valence-electron chi connectivity index (χ2n) is 5.57. The zero-order valence-corrected chi connectivity index (χ0v) is 13.6. The molecule has 0 aromatic heterocycles. The second kappa shape index (κ2) is 7.53. The number of nitrogens with two attached hydrogens (primary N) is 1. The van der Waals surface area contributed by atoms with E-state index in [9.17, 15) is 0 Å². The maximum atomic E-state index is 5.53. The number of allylic oxidation sites excluding steroid dienone is 5. The molecule has 112 valence electrons. The molecule has 1 aromatic rings. The van der Waals surface area contributed by atoms with E-state index in [0.717, 1.165) is 11.1 Å². The normalized spacial score (nSPS) is 13.2. The minimum Gasteiger partial charge on any atom is -0.399 e. The smallest absolute Gasteiger partial charge is 0.0361 e. The Labute approximate surface area is 129 Å². The molecule has 1 unspecified atom stereocenters. The third kappa shape index (κ3) is 5.35. The molecule has 0 aliphatic rings. The maximum Gasteiger partial charge on any atom is 0.0361 e. The number of hydrogen-bond acceptors (Lipinski definition) is 2. The Kier molecular flexibility index (Phi) is 6.04. The molecule has 0 spiro atoms. The lowest BCUT2D eigenvalue weighted by molar-refractivity contribution is 0.956. The van der Waals surface area contributed by atoms with Gasteiger partial charge in [-0.2, -0.15) is 0 Å². The highest BCUT2D eigenvalue weighted by Gasteiger charge is 2.07. The van der Waals surface area contributed by atoms with Crippen LogP contribution in [0.4, 0.5) is 5.69 Å². The van der Waals surface area contributed by atoms with Crippen molar-refractivity contribution in [2.75, 3.05) is 19.0 Å². The predicted molar refractivity (Wildman–Crippen MR) is 95.2 cm³/mol. The Hall–Kier alpha value is -2.22. The first-order valence-electron chi connectivity index (χ1n) is 7.08. The van der Waals surface area contributed by atoms with E-state index in [0.29, 0.717) is 5.70 Å². The number of nitrogens with zero attached hydrogens (tertiary/aromatic N) is 1. The molecule has 1 atom stereocenters. The summed E-state index contributed by atoms with van der Waals surface area (Å²) >= 11 is 0. The first-order chi connectivity index (χ1) is 9.81. The SMILES string of the molecule is C=C(N)/C=C/C(C)=C/C(C)C(=C)c1ccc(N(C)C)cc1. The van der Waals surface area contributed by atoms with Crippen LogP contribution in [0.3, 0.4) is 0 Å². The minimum absolute atomic E-state index is 0.269. The fourth-order valence-corrected chi connectivity index (χ4v) is 2.03. The Morgan fingerprint density at radius 2 is 1.71 bits per heavy atom. The Balaban J connectivity index is 2.82. The van der Waals surface area contributed by atoms with Crippen molar-refractivity contribution in [1.29, 1.82) is 0 Å². The lowest BCUT2D eigenvalue weighted by Gasteiger charge is -2.15. The van der Waals surface area contributed by atoms with Crippen molar-refractivity contribution in [1.82, 2.24) is 0 Å². The van der Waals surface area contributed by atoms with Gasteiger partial charge in [-0.3, -0.25) is 0 Å². The lowest BCUT2D eigenvalue weighted by Crippen LogP contribution is -2.08. The van der Waals surface area contributed by atoms with Crippen LogP contribution in [0.5, 0.6) is 0 Å². The van der Waals surface area contributed by atoms with E-state index in [-0.39, 0.29) is 5.92 Å². The van der Waals surface area contributed by atoms with Crippen LogP contribution in [0, 0.1) is 5.92 Å². The third-order valence-electron chi connectivity index (χ3n) is 3.38. The maximum absolute atomic E-state index is 5.53. The van der Waals surface area contributed by atoms with E-state index in [1.165, 1.54) is 11.3 Å². The summed E-state index contributed by atoms with van der Waals surface area (Å²) in [5.74, 6) is 0.269. The number of benzene rings is 1. The largest absolute Gasteiger partial charge is 0.399 e. The fraction of sp³-hybridized carbons (Fsp3) is 0.263. The van der Waals surface area contributed by atoms with Gasteiger partial charge in [0.05, 0.1) is 0 Å². The molecular weight excluding hydrogens is 256 g/mol. The highest BCUT2D eigenvalue weighted by atomic mass is 15.1. The average Bonchev–Trinajstić information content (AvgIpc) is 2.44. The van der Waals surface area contributed by atoms with Crippen molar-refractivity contribution < 1.29 is 0 Å². The summed E-state index contributed by atoms with van der Waals surface area (Å²) in [7, 11) is 4.08. The molecule has 2 heteroatoms. The number of hydrogen-bond donors (Lipinski definition) is 1. The van der Waals surface area contributed by atoms with Gasteiger partial charge in [-0.1, -0.05) is 49.9 Å². The zero-order valence-electron chi connectivity index (χ0n) is 13.6. The van der Waals surface area contributed by atoms with Crippen molar-refractivity contribution in [3.63, 3.8) is 0 Å². The summed E-state index contributed by atoms with van der Waals surface area (Å²) in [6, 6.07) is 8.47. The van der Waals surface area contributed by atoms with Gasteiger partial charge < -0.3 is 10.6 Å². The summed E-state index contributed by atoms with van der Waals surface area (Å²) < 4.78 is 0. The van der Waals surface area contributed by atoms with Crippen LogP contribution in [0.15, 0.2) is 66.9 Å². The van der Waals surface area contributed by atoms with E-state index in [4.69, 9.17) is 5.73 Å². The monoisotopic (exact) mass is 282 g/mol. The van der Waals surface area contributed by atoms with E-state index in [2.05, 4.69) is 62.2 Å². The van der Waals surface area contributed by atoms with Crippen molar-refractivity contribution >= 4 is 11.3 Å². The topological polar surface area (TPSA) is 29.3 Å². The molecule has 0 saturated carbocycles. The van der Waals surface area contributed by atoms with Crippen LogP contribution in [-0.2, 0) is 0 Å². The van der Waals surface area contributed by atoms with Crippen LogP contribution in [0.25, 0.3) is 5.57 Å². The van der Waals surface area contributed by atoms with Gasteiger partial charge in [-0.15, -0.1) is 0 Å². The first kappa shape index (κ1) is 16.8. The average molecular weight is 282 g/mol. The standard InChI is InChI=1S/C19H26N2/c1-14(7-8-16(3)20)13-15(2)17(4)18-9-11-19(12-10-18)21(5)6/h7-13,15H,3-4,20H2,1-2,5-6H3/b8-7+,14-13+. The zero-order chi connectivity index (χ0) is 16.0. The summed E-state index contributed by atoms with van der Waals surface area (Å²) in [6.45, 7) is 12.1. The molecule has 2 N–H and O–H groups in total. The summed E-state index contributed by atoms with van der Waals surface area (Å²) in [6.07, 6.45) is 5.97. The quantitative estimate of drug-likeness (QED) is 0.785. The van der Waals surface area contributed by atoms with Crippen molar-refractivity contribution in [2.45, 2.75) is 13.8 Å². The Morgan fingerprint density at radius 3 is 2.19 bits per heavy atom. The Morgan fingerprint density at radius 1 is 1.14 bits per heavy atom. The molecule has 0 bridgehead atoms. The summed E-state index contributed by atoms with van der Waals surface area (Å²) in [5, 5.41) is 0. The van der Waals surface area contributed by atoms with Gasteiger partial charge in [0.1, 0.15) is 0 Å². The molecule has 0 heterocycles. The Bertz CT molecular complexity index is 560. The first-order valence-corrected chi connectivity index (χ1v) is 7.08. The molecule has 0 radical (unpaired) electrons. The van der Waals surface area contributed by atoms with E-state index < -0.39 is 0 Å². The molecule has 0 saturated heterocycles. The van der Waals surface area contributed by atoms with E-state index >= 15 is 0 Å². The predicted octanol–water partition coefficient (Wildman–Crippen LogP) is 4.38. The van der Waals surface area contributed by atoms with Gasteiger partial charge in [0.15, 0.2) is 0 Å². The summed E-state index contributed by atoms with van der Waals surface area (Å²) in [4.78, 5) is 2.09. The second-order valence-corrected chi connectivity index (χ2v) is 5.57. The van der Waals surface area contributed by atoms with Crippen molar-refractivity contribution in [3.8, 4) is 0 Å². The van der Waals surface area contributed by atoms with Gasteiger partial charge in [0, 0.05) is 25.5 Å². The van der Waals surface area contributed by atoms with Gasteiger partial charge in [0.25, 0.3) is 0 Å². The summed E-state index contributed by atoms with van der Waals surface area (Å²) in [5.41, 5.74) is 10.7.